The predicted octanol–water partition coefficient (Wildman–Crippen LogP) is -1.97. The lowest BCUT2D eigenvalue weighted by atomic mass is 10.1. The molecule has 0 aromatic heterocycles. The van der Waals surface area contributed by atoms with Crippen LogP contribution in [0.3, 0.4) is 0 Å². The Bertz CT molecular complexity index is 222. The van der Waals surface area contributed by atoms with Gasteiger partial charge in [0.2, 0.25) is 12.0 Å². The summed E-state index contributed by atoms with van der Waals surface area (Å²) in [5.74, 6) is -1.97. The molecule has 1 rings (SSSR count). The van der Waals surface area contributed by atoms with E-state index < -0.39 is 30.2 Å². The van der Waals surface area contributed by atoms with Crippen molar-refractivity contribution in [1.29, 1.82) is 0 Å². The highest BCUT2D eigenvalue weighted by atomic mass is 16.6. The number of hydrogen-bond donors (Lipinski definition) is 4. The molecule has 12 heavy (non-hydrogen) atoms. The first-order valence-electron chi connectivity index (χ1n) is 3.18. The molecule has 0 aromatic rings. The van der Waals surface area contributed by atoms with Crippen LogP contribution in [0.15, 0.2) is 11.8 Å². The highest BCUT2D eigenvalue weighted by Gasteiger charge is 2.32. The molecule has 0 saturated heterocycles. The lowest BCUT2D eigenvalue weighted by Gasteiger charge is -2.26. The molecule has 4 N–H and O–H groups in total. The van der Waals surface area contributed by atoms with E-state index in [1.165, 1.54) is 0 Å². The van der Waals surface area contributed by atoms with Crippen LogP contribution in [-0.4, -0.2) is 44.9 Å². The first-order valence-corrected chi connectivity index (χ1v) is 3.18. The molecular weight excluding hydrogens is 168 g/mol. The average Bonchev–Trinajstić information content (AvgIpc) is 1.99. The summed E-state index contributed by atoms with van der Waals surface area (Å²) in [5, 5.41) is 35.0. The smallest absolute Gasteiger partial charge is 0.371 e. The quantitative estimate of drug-likeness (QED) is 0.369. The predicted molar refractivity (Wildman–Crippen MR) is 34.8 cm³/mol. The van der Waals surface area contributed by atoms with Gasteiger partial charge < -0.3 is 25.2 Å². The van der Waals surface area contributed by atoms with Crippen molar-refractivity contribution in [3.8, 4) is 0 Å². The summed E-state index contributed by atoms with van der Waals surface area (Å²) in [4.78, 5) is 10.3. The second-order valence-electron chi connectivity index (χ2n) is 2.33. The van der Waals surface area contributed by atoms with Gasteiger partial charge in [0.05, 0.1) is 0 Å². The van der Waals surface area contributed by atoms with Crippen molar-refractivity contribution >= 4 is 5.97 Å². The molecule has 1 aliphatic rings. The Morgan fingerprint density at radius 3 is 2.42 bits per heavy atom. The van der Waals surface area contributed by atoms with Crippen molar-refractivity contribution in [2.45, 2.75) is 18.5 Å². The minimum atomic E-state index is -1.70. The standard InChI is InChI=1S/C6H8O6/c7-2-1-3(5(9)10)12-6(11)4(2)8/h1-2,4,6-8,11H,(H,9,10)/t2-,4-,6+/m0/s1. The second-order valence-corrected chi connectivity index (χ2v) is 2.33. The Kier molecular flexibility index (Phi) is 2.32. The van der Waals surface area contributed by atoms with Crippen molar-refractivity contribution < 1.29 is 30.0 Å². The molecule has 3 atom stereocenters. The zero-order valence-corrected chi connectivity index (χ0v) is 5.91. The molecule has 1 heterocycles. The maximum absolute atomic E-state index is 10.3. The summed E-state index contributed by atoms with van der Waals surface area (Å²) >= 11 is 0. The number of aliphatic hydroxyl groups excluding tert-OH is 3. The Morgan fingerprint density at radius 2 is 2.00 bits per heavy atom. The second kappa shape index (κ2) is 3.10. The lowest BCUT2D eigenvalue weighted by Crippen LogP contribution is -2.42. The Hall–Kier alpha value is -1.11. The fraction of sp³-hybridized carbons (Fsp3) is 0.500. The fourth-order valence-corrected chi connectivity index (χ4v) is 0.783. The van der Waals surface area contributed by atoms with Crippen LogP contribution in [0.4, 0.5) is 0 Å². The number of rotatable bonds is 1. The van der Waals surface area contributed by atoms with Crippen molar-refractivity contribution in [2.75, 3.05) is 0 Å². The maximum atomic E-state index is 10.3. The van der Waals surface area contributed by atoms with Crippen LogP contribution < -0.4 is 0 Å². The van der Waals surface area contributed by atoms with E-state index in [2.05, 4.69) is 4.74 Å². The first kappa shape index (κ1) is 8.98. The van der Waals surface area contributed by atoms with Gasteiger partial charge in [-0.3, -0.25) is 0 Å². The van der Waals surface area contributed by atoms with Gasteiger partial charge in [-0.1, -0.05) is 0 Å². The molecule has 0 amide bonds. The van der Waals surface area contributed by atoms with Gasteiger partial charge in [-0.05, 0) is 6.08 Å². The number of carbonyl (C=O) groups is 1. The molecule has 6 nitrogen and oxygen atoms in total. The number of aliphatic carboxylic acids is 1. The monoisotopic (exact) mass is 176 g/mol. The van der Waals surface area contributed by atoms with Gasteiger partial charge in [0, 0.05) is 0 Å². The highest BCUT2D eigenvalue weighted by Crippen LogP contribution is 2.16. The largest absolute Gasteiger partial charge is 0.475 e. The van der Waals surface area contributed by atoms with Crippen molar-refractivity contribution in [3.63, 3.8) is 0 Å². The molecular formula is C6H8O6. The van der Waals surface area contributed by atoms with Gasteiger partial charge in [-0.25, -0.2) is 4.79 Å². The van der Waals surface area contributed by atoms with E-state index in [-0.39, 0.29) is 0 Å². The fourth-order valence-electron chi connectivity index (χ4n) is 0.783. The number of hydrogen-bond acceptors (Lipinski definition) is 5. The number of aliphatic hydroxyl groups is 3. The molecule has 1 aliphatic heterocycles. The molecule has 0 bridgehead atoms. The van der Waals surface area contributed by atoms with E-state index in [4.69, 9.17) is 20.4 Å². The van der Waals surface area contributed by atoms with Crippen LogP contribution in [0.5, 0.6) is 0 Å². The Labute approximate surface area is 67.3 Å². The van der Waals surface area contributed by atoms with Gasteiger partial charge in [-0.15, -0.1) is 0 Å². The van der Waals surface area contributed by atoms with E-state index in [0.717, 1.165) is 6.08 Å². The van der Waals surface area contributed by atoms with Crippen LogP contribution >= 0.6 is 0 Å². The Morgan fingerprint density at radius 1 is 1.42 bits per heavy atom. The SMILES string of the molecule is O=C(O)C1=C[C@H](O)[C@H](O)[C@H](O)O1. The summed E-state index contributed by atoms with van der Waals surface area (Å²) in [6.45, 7) is 0. The van der Waals surface area contributed by atoms with Crippen LogP contribution in [0.25, 0.3) is 0 Å². The van der Waals surface area contributed by atoms with Gasteiger partial charge >= 0.3 is 5.97 Å². The lowest BCUT2D eigenvalue weighted by molar-refractivity contribution is -0.183. The van der Waals surface area contributed by atoms with Crippen LogP contribution in [0.1, 0.15) is 0 Å². The van der Waals surface area contributed by atoms with E-state index in [1.807, 2.05) is 0 Å². The summed E-state index contributed by atoms with van der Waals surface area (Å²) in [5.41, 5.74) is 0. The van der Waals surface area contributed by atoms with E-state index in [0.29, 0.717) is 0 Å². The summed E-state index contributed by atoms with van der Waals surface area (Å²) in [7, 11) is 0. The molecule has 68 valence electrons. The first-order chi connectivity index (χ1) is 5.52. The molecule has 0 unspecified atom stereocenters. The molecule has 0 radical (unpaired) electrons. The molecule has 0 fully saturated rings. The summed E-state index contributed by atoms with van der Waals surface area (Å²) in [6, 6.07) is 0. The average molecular weight is 176 g/mol. The number of carboxylic acids is 1. The zero-order valence-electron chi connectivity index (χ0n) is 5.91. The van der Waals surface area contributed by atoms with Crippen molar-refractivity contribution in [2.24, 2.45) is 0 Å². The minimum absolute atomic E-state index is 0.569. The van der Waals surface area contributed by atoms with E-state index >= 15 is 0 Å². The van der Waals surface area contributed by atoms with Crippen LogP contribution in [-0.2, 0) is 9.53 Å². The van der Waals surface area contributed by atoms with Crippen LogP contribution in [0, 0.1) is 0 Å². The molecule has 0 aromatic carbocycles. The van der Waals surface area contributed by atoms with Gasteiger partial charge in [0.1, 0.15) is 12.2 Å². The molecule has 6 heteroatoms. The normalized spacial score (nSPS) is 35.2. The van der Waals surface area contributed by atoms with E-state index in [9.17, 15) is 4.79 Å². The topological polar surface area (TPSA) is 107 Å². The third-order valence-corrected chi connectivity index (χ3v) is 1.42. The van der Waals surface area contributed by atoms with E-state index in [1.54, 1.807) is 0 Å². The van der Waals surface area contributed by atoms with Crippen LogP contribution in [0.2, 0.25) is 0 Å². The minimum Gasteiger partial charge on any atom is -0.475 e. The molecule has 0 saturated carbocycles. The van der Waals surface area contributed by atoms with Gasteiger partial charge in [0.15, 0.2) is 0 Å². The maximum Gasteiger partial charge on any atom is 0.371 e. The third kappa shape index (κ3) is 1.55. The van der Waals surface area contributed by atoms with Crippen molar-refractivity contribution in [3.05, 3.63) is 11.8 Å². The zero-order chi connectivity index (χ0) is 9.30. The Balaban J connectivity index is 2.81. The number of carboxylic acid groups (broad SMARTS) is 1. The van der Waals surface area contributed by atoms with Gasteiger partial charge in [0.25, 0.3) is 0 Å². The van der Waals surface area contributed by atoms with Crippen molar-refractivity contribution in [1.82, 2.24) is 0 Å². The highest BCUT2D eigenvalue weighted by molar-refractivity contribution is 5.84. The summed E-state index contributed by atoms with van der Waals surface area (Å²) < 4.78 is 4.34. The molecule has 0 aliphatic carbocycles. The summed E-state index contributed by atoms with van der Waals surface area (Å²) in [6.07, 6.45) is -3.80. The third-order valence-electron chi connectivity index (χ3n) is 1.42. The van der Waals surface area contributed by atoms with Gasteiger partial charge in [-0.2, -0.15) is 0 Å². The number of ether oxygens (including phenoxy) is 1. The molecule has 0 spiro atoms.